The predicted molar refractivity (Wildman–Crippen MR) is 65.2 cm³/mol. The normalized spacial score (nSPS) is 21.2. The number of rotatable bonds is 0. The van der Waals surface area contributed by atoms with Crippen LogP contribution in [-0.2, 0) is 17.3 Å². The Balaban J connectivity index is 0.000000241. The molecule has 2 heteroatoms. The van der Waals surface area contributed by atoms with Crippen LogP contribution in [0.5, 0.6) is 0 Å². The topological polar surface area (TPSA) is 0 Å². The summed E-state index contributed by atoms with van der Waals surface area (Å²) in [5, 5.41) is 0. The van der Waals surface area contributed by atoms with Crippen LogP contribution in [0.15, 0.2) is 48.6 Å². The zero-order chi connectivity index (χ0) is 11.2. The van der Waals surface area contributed by atoms with E-state index >= 15 is 0 Å². The molecule has 0 aromatic carbocycles. The quantitative estimate of drug-likeness (QED) is 0.450. The van der Waals surface area contributed by atoms with E-state index in [0.29, 0.717) is 0 Å². The first-order chi connectivity index (χ1) is 7.50. The van der Waals surface area contributed by atoms with Gasteiger partial charge in [0.2, 0.25) is 0 Å². The molecular weight excluding hydrogens is 293 g/mol. The monoisotopic (exact) mass is 310 g/mol. The van der Waals surface area contributed by atoms with Crippen molar-refractivity contribution in [3.63, 3.8) is 0 Å². The summed E-state index contributed by atoms with van der Waals surface area (Å²) < 4.78 is 0. The third-order valence-electron chi connectivity index (χ3n) is 1.89. The van der Waals surface area contributed by atoms with E-state index in [9.17, 15) is 0 Å². The van der Waals surface area contributed by atoms with Crippen LogP contribution in [0, 0.1) is 6.42 Å². The molecule has 0 aromatic heterocycles. The van der Waals surface area contributed by atoms with Crippen LogP contribution < -0.4 is 0 Å². The number of halogens is 1. The first-order valence-corrected chi connectivity index (χ1v) is 7.34. The predicted octanol–water partition coefficient (Wildman–Crippen LogP) is 4.68. The Morgan fingerprint density at radius 3 is 1.13 bits per heavy atom. The number of hydrogen-bond acceptors (Lipinski definition) is 0. The maximum atomic E-state index is 4.57. The van der Waals surface area contributed by atoms with Crippen LogP contribution in [0.3, 0.4) is 0 Å². The fraction of sp³-hybridized carbons (Fsp3) is 0.308. The summed E-state index contributed by atoms with van der Waals surface area (Å²) in [6.07, 6.45) is 24.0. The first-order valence-electron chi connectivity index (χ1n) is 5.10. The van der Waals surface area contributed by atoms with Crippen LogP contribution >= 0.6 is 9.69 Å². The molecule has 0 spiro atoms. The van der Waals surface area contributed by atoms with Gasteiger partial charge in [0, 0.05) is 6.42 Å². The van der Waals surface area contributed by atoms with Crippen molar-refractivity contribution in [2.75, 3.05) is 0 Å². The molecule has 0 unspecified atom stereocenters. The Morgan fingerprint density at radius 1 is 0.600 bits per heavy atom. The summed E-state index contributed by atoms with van der Waals surface area (Å²) in [7, 11) is 4.57. The van der Waals surface area contributed by atoms with Gasteiger partial charge in [-0.3, -0.25) is 0 Å². The number of allylic oxidation sites excluding steroid dienone is 8. The van der Waals surface area contributed by atoms with Gasteiger partial charge in [0.25, 0.3) is 0 Å². The van der Waals surface area contributed by atoms with Gasteiger partial charge < -0.3 is 0 Å². The Bertz CT molecular complexity index is 191. The van der Waals surface area contributed by atoms with Gasteiger partial charge in [-0.15, -0.1) is 0 Å². The molecule has 2 aliphatic rings. The molecule has 1 radical (unpaired) electrons. The van der Waals surface area contributed by atoms with Crippen LogP contribution in [0.25, 0.3) is 0 Å². The molecule has 0 amide bonds. The SMILES string of the molecule is C1=C\CC/C=C\CC/1.[CH]1C=CC=C1.[Cl][Ru]. The summed E-state index contributed by atoms with van der Waals surface area (Å²) in [6, 6.07) is 0. The van der Waals surface area contributed by atoms with Crippen molar-refractivity contribution in [1.82, 2.24) is 0 Å². The minimum absolute atomic E-state index is 1.23. The summed E-state index contributed by atoms with van der Waals surface area (Å²) >= 11 is 1.82. The molecule has 0 atom stereocenters. The Morgan fingerprint density at radius 2 is 0.933 bits per heavy atom. The fourth-order valence-corrected chi connectivity index (χ4v) is 1.18. The van der Waals surface area contributed by atoms with E-state index in [1.165, 1.54) is 25.7 Å². The molecule has 2 aliphatic carbocycles. The summed E-state index contributed by atoms with van der Waals surface area (Å²) in [5.74, 6) is 0. The van der Waals surface area contributed by atoms with Crippen LogP contribution in [0.4, 0.5) is 0 Å². The van der Waals surface area contributed by atoms with E-state index in [0.717, 1.165) is 0 Å². The second kappa shape index (κ2) is 13.9. The van der Waals surface area contributed by atoms with E-state index in [1.54, 1.807) is 0 Å². The molecule has 84 valence electrons. The molecular formula is C13H17ClRu. The van der Waals surface area contributed by atoms with Crippen molar-refractivity contribution in [3.05, 3.63) is 55.0 Å². The van der Waals surface area contributed by atoms with Gasteiger partial charge in [0.1, 0.15) is 0 Å². The summed E-state index contributed by atoms with van der Waals surface area (Å²) in [5.41, 5.74) is 0. The van der Waals surface area contributed by atoms with Crippen molar-refractivity contribution in [1.29, 1.82) is 0 Å². The first kappa shape index (κ1) is 14.9. The van der Waals surface area contributed by atoms with E-state index in [2.05, 4.69) is 34.0 Å². The van der Waals surface area contributed by atoms with E-state index < -0.39 is 0 Å². The van der Waals surface area contributed by atoms with Crippen LogP contribution in [-0.4, -0.2) is 0 Å². The van der Waals surface area contributed by atoms with Gasteiger partial charge in [0.05, 0.1) is 0 Å². The Kier molecular flexibility index (Phi) is 13.8. The molecule has 0 bridgehead atoms. The second-order valence-corrected chi connectivity index (χ2v) is 3.06. The molecule has 2 rings (SSSR count). The van der Waals surface area contributed by atoms with E-state index in [-0.39, 0.29) is 0 Å². The molecule has 0 saturated heterocycles. The second-order valence-electron chi connectivity index (χ2n) is 3.06. The maximum absolute atomic E-state index is 4.57. The van der Waals surface area contributed by atoms with E-state index in [4.69, 9.17) is 0 Å². The number of hydrogen-bond donors (Lipinski definition) is 0. The average molecular weight is 310 g/mol. The molecule has 0 N–H and O–H groups in total. The van der Waals surface area contributed by atoms with Gasteiger partial charge in [-0.1, -0.05) is 48.6 Å². The van der Waals surface area contributed by atoms with Gasteiger partial charge in [0.15, 0.2) is 0 Å². The third kappa shape index (κ3) is 11.8. The van der Waals surface area contributed by atoms with Crippen LogP contribution in [0.1, 0.15) is 25.7 Å². The van der Waals surface area contributed by atoms with E-state index in [1.807, 2.05) is 48.0 Å². The zero-order valence-corrected chi connectivity index (χ0v) is 11.3. The van der Waals surface area contributed by atoms with Crippen molar-refractivity contribution in [2.24, 2.45) is 0 Å². The van der Waals surface area contributed by atoms with Crippen molar-refractivity contribution >= 4 is 9.69 Å². The molecule has 0 saturated carbocycles. The van der Waals surface area contributed by atoms with Gasteiger partial charge in [-0.25, -0.2) is 0 Å². The van der Waals surface area contributed by atoms with Gasteiger partial charge in [-0.05, 0) is 25.7 Å². The third-order valence-corrected chi connectivity index (χ3v) is 1.89. The fourth-order valence-electron chi connectivity index (χ4n) is 1.18. The standard InChI is InChI=1S/C8H12.C5H5.ClH.Ru/c1-2-4-6-8-7-5-3-1;1-2-4-5-3-1;;/h1-2,7-8H,3-6H2;1-5H;1H;/q;;;+1/p-1/b2-1-,8-7-;;;. The van der Waals surface area contributed by atoms with Crippen molar-refractivity contribution in [2.45, 2.75) is 25.7 Å². The summed E-state index contributed by atoms with van der Waals surface area (Å²) in [6.45, 7) is 0. The van der Waals surface area contributed by atoms with Crippen molar-refractivity contribution < 1.29 is 17.3 Å². The molecule has 0 aromatic rings. The molecule has 0 fully saturated rings. The Hall–Kier alpha value is -0.127. The Labute approximate surface area is 108 Å². The zero-order valence-electron chi connectivity index (χ0n) is 8.76. The molecule has 15 heavy (non-hydrogen) atoms. The molecule has 0 aliphatic heterocycles. The van der Waals surface area contributed by atoms with Gasteiger partial charge in [-0.2, -0.15) is 0 Å². The molecule has 0 nitrogen and oxygen atoms in total. The van der Waals surface area contributed by atoms with Crippen LogP contribution in [0.2, 0.25) is 0 Å². The molecule has 0 heterocycles. The minimum atomic E-state index is 1.23. The average Bonchev–Trinajstić information content (AvgIpc) is 2.77. The van der Waals surface area contributed by atoms with Crippen molar-refractivity contribution in [3.8, 4) is 0 Å². The van der Waals surface area contributed by atoms with Gasteiger partial charge >= 0.3 is 27.0 Å². The summed E-state index contributed by atoms with van der Waals surface area (Å²) in [4.78, 5) is 0.